The normalized spacial score (nSPS) is 22.4. The molecule has 1 aromatic rings. The molecule has 0 amide bonds. The van der Waals surface area contributed by atoms with E-state index in [9.17, 15) is 9.90 Å². The van der Waals surface area contributed by atoms with Crippen molar-refractivity contribution in [3.8, 4) is 5.75 Å². The molecule has 0 saturated carbocycles. The zero-order valence-electron chi connectivity index (χ0n) is 9.11. The van der Waals surface area contributed by atoms with Gasteiger partial charge in [0.15, 0.2) is 0 Å². The van der Waals surface area contributed by atoms with Gasteiger partial charge >= 0.3 is 0 Å². The molecule has 1 heterocycles. The highest BCUT2D eigenvalue weighted by Crippen LogP contribution is 2.39. The second kappa shape index (κ2) is 4.83. The Hall–Kier alpha value is -1.43. The molecule has 0 saturated heterocycles. The highest BCUT2D eigenvalue weighted by atomic mass is 16.5. The maximum Gasteiger partial charge on any atom is 0.150 e. The van der Waals surface area contributed by atoms with E-state index in [1.54, 1.807) is 18.2 Å². The largest absolute Gasteiger partial charge is 0.486 e. The number of hydrogen-bond donors (Lipinski definition) is 3. The van der Waals surface area contributed by atoms with Crippen molar-refractivity contribution in [2.24, 2.45) is 5.92 Å². The Morgan fingerprint density at radius 3 is 2.65 bits per heavy atom. The number of fused-ring (bicyclic) bond motifs is 1. The van der Waals surface area contributed by atoms with E-state index in [1.165, 1.54) is 0 Å². The topological polar surface area (TPSA) is 87.0 Å². The maximum atomic E-state index is 10.6. The van der Waals surface area contributed by atoms with Crippen molar-refractivity contribution < 1.29 is 24.9 Å². The number of hydrogen-bond acceptors (Lipinski definition) is 5. The third kappa shape index (κ3) is 2.04. The van der Waals surface area contributed by atoms with E-state index in [4.69, 9.17) is 14.9 Å². The number of benzene rings is 1. The predicted octanol–water partition coefficient (Wildman–Crippen LogP) is -0.106. The zero-order chi connectivity index (χ0) is 12.4. The van der Waals surface area contributed by atoms with E-state index >= 15 is 0 Å². The molecule has 0 aliphatic carbocycles. The molecule has 0 unspecified atom stereocenters. The Balaban J connectivity index is 2.28. The van der Waals surface area contributed by atoms with Gasteiger partial charge in [0.1, 0.15) is 24.2 Å². The van der Waals surface area contributed by atoms with Gasteiger partial charge in [-0.15, -0.1) is 0 Å². The Labute approximate surface area is 98.3 Å². The molecular weight excluding hydrogens is 224 g/mol. The van der Waals surface area contributed by atoms with Crippen LogP contribution in [-0.2, 0) is 0 Å². The minimum absolute atomic E-state index is 0.271. The van der Waals surface area contributed by atoms with Crippen LogP contribution >= 0.6 is 0 Å². The molecule has 5 heteroatoms. The molecule has 17 heavy (non-hydrogen) atoms. The van der Waals surface area contributed by atoms with Gasteiger partial charge in [0.25, 0.3) is 0 Å². The summed E-state index contributed by atoms with van der Waals surface area (Å²) in [6.45, 7) is -0.542. The number of ether oxygens (including phenoxy) is 1. The Morgan fingerprint density at radius 2 is 2.06 bits per heavy atom. The first-order valence-electron chi connectivity index (χ1n) is 5.36. The predicted molar refractivity (Wildman–Crippen MR) is 58.9 cm³/mol. The van der Waals surface area contributed by atoms with E-state index in [0.717, 1.165) is 0 Å². The monoisotopic (exact) mass is 238 g/mol. The Kier molecular flexibility index (Phi) is 3.42. The lowest BCUT2D eigenvalue weighted by atomic mass is 9.96. The molecule has 0 aromatic heterocycles. The van der Waals surface area contributed by atoms with Gasteiger partial charge in [-0.25, -0.2) is 0 Å². The molecule has 1 aliphatic rings. The van der Waals surface area contributed by atoms with Crippen LogP contribution in [0.5, 0.6) is 5.75 Å². The van der Waals surface area contributed by atoms with Crippen LogP contribution in [-0.4, -0.2) is 40.9 Å². The van der Waals surface area contributed by atoms with E-state index in [1.807, 2.05) is 0 Å². The lowest BCUT2D eigenvalue weighted by Crippen LogP contribution is -2.33. The second-order valence-corrected chi connectivity index (χ2v) is 4.07. The fourth-order valence-corrected chi connectivity index (χ4v) is 1.99. The number of aliphatic hydroxyl groups excluding tert-OH is 3. The van der Waals surface area contributed by atoms with E-state index in [2.05, 4.69) is 0 Å². The first kappa shape index (κ1) is 12.0. The number of rotatable bonds is 4. The van der Waals surface area contributed by atoms with Crippen molar-refractivity contribution in [3.63, 3.8) is 0 Å². The van der Waals surface area contributed by atoms with Crippen molar-refractivity contribution in [3.05, 3.63) is 29.3 Å². The van der Waals surface area contributed by atoms with Gasteiger partial charge in [0.05, 0.1) is 13.2 Å². The van der Waals surface area contributed by atoms with Gasteiger partial charge in [-0.1, -0.05) is 0 Å². The van der Waals surface area contributed by atoms with Crippen LogP contribution < -0.4 is 4.74 Å². The summed E-state index contributed by atoms with van der Waals surface area (Å²) < 4.78 is 5.48. The van der Waals surface area contributed by atoms with Crippen molar-refractivity contribution in [2.75, 3.05) is 13.2 Å². The second-order valence-electron chi connectivity index (χ2n) is 4.07. The van der Waals surface area contributed by atoms with Crippen LogP contribution in [0, 0.1) is 5.92 Å². The van der Waals surface area contributed by atoms with E-state index in [0.29, 0.717) is 23.2 Å². The highest BCUT2D eigenvalue weighted by molar-refractivity contribution is 5.76. The summed E-state index contributed by atoms with van der Waals surface area (Å²) >= 11 is 0. The van der Waals surface area contributed by atoms with Crippen molar-refractivity contribution in [2.45, 2.75) is 12.2 Å². The van der Waals surface area contributed by atoms with E-state index in [-0.39, 0.29) is 13.2 Å². The van der Waals surface area contributed by atoms with Crippen molar-refractivity contribution in [1.82, 2.24) is 0 Å². The number of aliphatic hydroxyl groups is 3. The molecule has 3 N–H and O–H groups in total. The number of aldehydes is 1. The van der Waals surface area contributed by atoms with Gasteiger partial charge < -0.3 is 20.1 Å². The molecular formula is C12H14O5. The maximum absolute atomic E-state index is 10.6. The minimum Gasteiger partial charge on any atom is -0.486 e. The quantitative estimate of drug-likeness (QED) is 0.637. The zero-order valence-corrected chi connectivity index (χ0v) is 9.11. The van der Waals surface area contributed by atoms with Gasteiger partial charge in [-0.05, 0) is 18.2 Å². The summed E-state index contributed by atoms with van der Waals surface area (Å²) in [5.41, 5.74) is 0.975. The molecule has 2 rings (SSSR count). The van der Waals surface area contributed by atoms with Crippen molar-refractivity contribution >= 4 is 6.29 Å². The number of carbonyl (C=O) groups excluding carboxylic acids is 1. The van der Waals surface area contributed by atoms with Gasteiger partial charge in [-0.3, -0.25) is 4.79 Å². The molecule has 0 fully saturated rings. The standard InChI is InChI=1S/C12H14O5/c13-4-7-1-2-10-9(3-7)11(16)12(17-10)8(5-14)6-15/h1-4,8,11-12,14-16H,5-6H2/t11-,12+/m0/s1. The molecule has 1 aliphatic heterocycles. The molecule has 0 radical (unpaired) electrons. The van der Waals surface area contributed by atoms with Gasteiger partial charge in [0.2, 0.25) is 0 Å². The summed E-state index contributed by atoms with van der Waals surface area (Å²) in [4.78, 5) is 10.6. The summed E-state index contributed by atoms with van der Waals surface area (Å²) in [5.74, 6) is -0.0583. The minimum atomic E-state index is -0.936. The molecule has 0 spiro atoms. The highest BCUT2D eigenvalue weighted by Gasteiger charge is 2.38. The molecule has 2 atom stereocenters. The SMILES string of the molecule is O=Cc1ccc2c(c1)[C@H](O)[C@@H](C(CO)CO)O2. The van der Waals surface area contributed by atoms with Crippen LogP contribution in [0.4, 0.5) is 0 Å². The summed E-state index contributed by atoms with van der Waals surface area (Å²) in [6.07, 6.45) is -0.924. The van der Waals surface area contributed by atoms with E-state index < -0.39 is 18.1 Å². The van der Waals surface area contributed by atoms with Crippen LogP contribution in [0.1, 0.15) is 22.0 Å². The van der Waals surface area contributed by atoms with Gasteiger partial charge in [-0.2, -0.15) is 0 Å². The Bertz CT molecular complexity index is 413. The first-order valence-corrected chi connectivity index (χ1v) is 5.36. The number of carbonyl (C=O) groups is 1. The van der Waals surface area contributed by atoms with Crippen LogP contribution in [0.2, 0.25) is 0 Å². The van der Waals surface area contributed by atoms with Gasteiger partial charge in [0, 0.05) is 17.0 Å². The third-order valence-electron chi connectivity index (χ3n) is 3.00. The Morgan fingerprint density at radius 1 is 1.35 bits per heavy atom. The lowest BCUT2D eigenvalue weighted by molar-refractivity contribution is -0.0125. The smallest absolute Gasteiger partial charge is 0.150 e. The first-order chi connectivity index (χ1) is 8.21. The molecule has 92 valence electrons. The van der Waals surface area contributed by atoms with Crippen LogP contribution in [0.25, 0.3) is 0 Å². The summed E-state index contributed by atoms with van der Waals surface area (Å²) in [5, 5.41) is 28.2. The fraction of sp³-hybridized carbons (Fsp3) is 0.417. The average Bonchev–Trinajstić information content (AvgIpc) is 2.68. The average molecular weight is 238 g/mol. The van der Waals surface area contributed by atoms with Crippen LogP contribution in [0.15, 0.2) is 18.2 Å². The summed E-state index contributed by atoms with van der Waals surface area (Å²) in [6, 6.07) is 4.75. The molecule has 0 bridgehead atoms. The lowest BCUT2D eigenvalue weighted by Gasteiger charge is -2.21. The molecule has 5 nitrogen and oxygen atoms in total. The third-order valence-corrected chi connectivity index (χ3v) is 3.00. The molecule has 1 aromatic carbocycles. The van der Waals surface area contributed by atoms with Crippen LogP contribution in [0.3, 0.4) is 0 Å². The van der Waals surface area contributed by atoms with Crippen molar-refractivity contribution in [1.29, 1.82) is 0 Å². The summed E-state index contributed by atoms with van der Waals surface area (Å²) in [7, 11) is 0. The fourth-order valence-electron chi connectivity index (χ4n) is 1.99.